The molecule has 0 radical (unpaired) electrons. The third kappa shape index (κ3) is 3.04. The van der Waals surface area contributed by atoms with Crippen LogP contribution in [0.4, 0.5) is 0 Å². The molecule has 1 fully saturated rings. The van der Waals surface area contributed by atoms with E-state index in [1.165, 1.54) is 0 Å². The van der Waals surface area contributed by atoms with Gasteiger partial charge in [0, 0.05) is 12.1 Å². The van der Waals surface area contributed by atoms with Crippen LogP contribution in [0.2, 0.25) is 0 Å². The Labute approximate surface area is 120 Å². The highest BCUT2D eigenvalue weighted by Crippen LogP contribution is 2.47. The molecule has 1 unspecified atom stereocenters. The van der Waals surface area contributed by atoms with Crippen molar-refractivity contribution in [3.05, 3.63) is 0 Å². The minimum absolute atomic E-state index is 0.322. The molecule has 19 heavy (non-hydrogen) atoms. The lowest BCUT2D eigenvalue weighted by Gasteiger charge is -2.30. The molecule has 0 aromatic heterocycles. The van der Waals surface area contributed by atoms with Crippen molar-refractivity contribution in [2.24, 2.45) is 5.41 Å². The minimum Gasteiger partial charge on any atom is -0.286 e. The van der Waals surface area contributed by atoms with Crippen LogP contribution in [0.1, 0.15) is 69.2 Å². The van der Waals surface area contributed by atoms with E-state index in [2.05, 4.69) is 78.7 Å². The smallest absolute Gasteiger partial charge is 0.179 e. The maximum atomic E-state index is 2.67. The van der Waals surface area contributed by atoms with Gasteiger partial charge in [-0.05, 0) is 69.2 Å². The van der Waals surface area contributed by atoms with Crippen LogP contribution in [0.3, 0.4) is 0 Å². The van der Waals surface area contributed by atoms with Gasteiger partial charge in [-0.3, -0.25) is 4.90 Å². The van der Waals surface area contributed by atoms with Crippen molar-refractivity contribution in [3.8, 4) is 0 Å². The van der Waals surface area contributed by atoms with Crippen molar-refractivity contribution in [2.75, 3.05) is 0 Å². The number of hydrogen-bond acceptors (Lipinski definition) is 1. The molecule has 1 aliphatic rings. The van der Waals surface area contributed by atoms with Crippen molar-refractivity contribution in [1.29, 1.82) is 0 Å². The molecule has 0 spiro atoms. The highest BCUT2D eigenvalue weighted by Gasteiger charge is 2.65. The zero-order valence-electron chi connectivity index (χ0n) is 14.8. The van der Waals surface area contributed by atoms with Gasteiger partial charge in [-0.15, -0.1) is 0 Å². The Hall–Kier alpha value is -0.370. The molecule has 0 aromatic rings. The first-order valence-electron chi connectivity index (χ1n) is 7.96. The first kappa shape index (κ1) is 16.7. The van der Waals surface area contributed by atoms with Crippen molar-refractivity contribution < 1.29 is 4.58 Å². The van der Waals surface area contributed by atoms with Crippen LogP contribution < -0.4 is 0 Å². The summed E-state index contributed by atoms with van der Waals surface area (Å²) in [6.45, 7) is 23.3. The van der Waals surface area contributed by atoms with Gasteiger partial charge in [-0.1, -0.05) is 0 Å². The molecule has 1 atom stereocenters. The summed E-state index contributed by atoms with van der Waals surface area (Å²) >= 11 is 0. The number of nitrogens with zero attached hydrogens (tertiary/aromatic N) is 2. The second-order valence-corrected chi connectivity index (χ2v) is 7.74. The molecule has 0 aromatic carbocycles. The molecule has 0 N–H and O–H groups in total. The van der Waals surface area contributed by atoms with Crippen molar-refractivity contribution >= 4 is 5.71 Å². The predicted molar refractivity (Wildman–Crippen MR) is 85.2 cm³/mol. The van der Waals surface area contributed by atoms with E-state index < -0.39 is 0 Å². The minimum atomic E-state index is 0.322. The van der Waals surface area contributed by atoms with Gasteiger partial charge in [0.25, 0.3) is 0 Å². The van der Waals surface area contributed by atoms with E-state index in [0.717, 1.165) is 0 Å². The normalized spacial score (nSPS) is 22.3. The summed E-state index contributed by atoms with van der Waals surface area (Å²) in [5.74, 6) is 0. The molecule has 0 saturated heterocycles. The second kappa shape index (κ2) is 5.55. The third-order valence-electron chi connectivity index (χ3n) is 4.40. The van der Waals surface area contributed by atoms with Crippen molar-refractivity contribution in [3.63, 3.8) is 0 Å². The van der Waals surface area contributed by atoms with Crippen LogP contribution in [0, 0.1) is 5.41 Å². The summed E-state index contributed by atoms with van der Waals surface area (Å²) in [5.41, 5.74) is 1.96. The Bertz CT molecular complexity index is 330. The zero-order valence-corrected chi connectivity index (χ0v) is 14.8. The van der Waals surface area contributed by atoms with Gasteiger partial charge in [-0.25, -0.2) is 4.58 Å². The summed E-state index contributed by atoms with van der Waals surface area (Å²) in [5, 5.41) is 0. The van der Waals surface area contributed by atoms with Crippen LogP contribution in [0.5, 0.6) is 0 Å². The number of rotatable bonds is 5. The lowest BCUT2D eigenvalue weighted by atomic mass is 10.1. The van der Waals surface area contributed by atoms with E-state index in [1.54, 1.807) is 5.71 Å². The predicted octanol–water partition coefficient (Wildman–Crippen LogP) is 3.78. The average Bonchev–Trinajstić information content (AvgIpc) is 2.68. The summed E-state index contributed by atoms with van der Waals surface area (Å²) in [6, 6.07) is 2.98. The average molecular weight is 267 g/mol. The zero-order chi connectivity index (χ0) is 15.1. The quantitative estimate of drug-likeness (QED) is 0.687. The molecule has 2 heteroatoms. The van der Waals surface area contributed by atoms with Gasteiger partial charge in [0.1, 0.15) is 18.1 Å². The second-order valence-electron chi connectivity index (χ2n) is 7.74. The Kier molecular flexibility index (Phi) is 4.88. The molecule has 0 aliphatic heterocycles. The van der Waals surface area contributed by atoms with Gasteiger partial charge >= 0.3 is 0 Å². The van der Waals surface area contributed by atoms with E-state index in [1.807, 2.05) is 0 Å². The summed E-state index contributed by atoms with van der Waals surface area (Å²) < 4.78 is 2.63. The van der Waals surface area contributed by atoms with Crippen LogP contribution >= 0.6 is 0 Å². The molecule has 1 aliphatic carbocycles. The molecule has 1 rings (SSSR count). The Morgan fingerprint density at radius 3 is 1.47 bits per heavy atom. The first-order valence-corrected chi connectivity index (χ1v) is 7.96. The maximum Gasteiger partial charge on any atom is 0.179 e. The van der Waals surface area contributed by atoms with Crippen LogP contribution in [-0.4, -0.2) is 45.4 Å². The SMILES string of the molecule is CC(C)N(C(C)C)C1C(=[N+](C(C)C)C(C)C)C1(C)C. The van der Waals surface area contributed by atoms with Gasteiger partial charge in [-0.2, -0.15) is 0 Å². The highest BCUT2D eigenvalue weighted by molar-refractivity contribution is 6.07. The molecule has 1 saturated carbocycles. The monoisotopic (exact) mass is 267 g/mol. The Morgan fingerprint density at radius 2 is 1.21 bits per heavy atom. The summed E-state index contributed by atoms with van der Waals surface area (Å²) in [6.07, 6.45) is 0. The van der Waals surface area contributed by atoms with Crippen molar-refractivity contribution in [2.45, 2.75) is 99.4 Å². The first-order chi connectivity index (χ1) is 8.53. The fourth-order valence-corrected chi connectivity index (χ4v) is 3.83. The largest absolute Gasteiger partial charge is 0.286 e. The Balaban J connectivity index is 3.22. The van der Waals surface area contributed by atoms with E-state index in [4.69, 9.17) is 0 Å². The Morgan fingerprint density at radius 1 is 0.842 bits per heavy atom. The van der Waals surface area contributed by atoms with Crippen LogP contribution in [0.25, 0.3) is 0 Å². The fraction of sp³-hybridized carbons (Fsp3) is 0.941. The van der Waals surface area contributed by atoms with Crippen LogP contribution in [0.15, 0.2) is 0 Å². The van der Waals surface area contributed by atoms with Gasteiger partial charge in [0.05, 0.1) is 5.41 Å². The standard InChI is InChI=1S/C17H35N2/c1-11(2)18(12(3)4)15-16(17(15,9)10)19(13(5)6)14(7)8/h11-15H,1-10H3/q+1. The van der Waals surface area contributed by atoms with Crippen molar-refractivity contribution in [1.82, 2.24) is 4.90 Å². The molecule has 0 heterocycles. The lowest BCUT2D eigenvalue weighted by molar-refractivity contribution is -0.587. The fourth-order valence-electron chi connectivity index (χ4n) is 3.83. The maximum absolute atomic E-state index is 2.67. The summed E-state index contributed by atoms with van der Waals surface area (Å²) in [7, 11) is 0. The van der Waals surface area contributed by atoms with Gasteiger partial charge < -0.3 is 0 Å². The molecule has 0 bridgehead atoms. The lowest BCUT2D eigenvalue weighted by Crippen LogP contribution is -2.42. The van der Waals surface area contributed by atoms with Gasteiger partial charge in [0.15, 0.2) is 5.71 Å². The molecular formula is C17H35N2+. The summed E-state index contributed by atoms with van der Waals surface area (Å²) in [4.78, 5) is 2.67. The van der Waals surface area contributed by atoms with Crippen LogP contribution in [-0.2, 0) is 0 Å². The van der Waals surface area contributed by atoms with E-state index >= 15 is 0 Å². The van der Waals surface area contributed by atoms with E-state index in [9.17, 15) is 0 Å². The third-order valence-corrected chi connectivity index (χ3v) is 4.40. The van der Waals surface area contributed by atoms with E-state index in [0.29, 0.717) is 35.6 Å². The topological polar surface area (TPSA) is 6.25 Å². The molecule has 0 amide bonds. The molecular weight excluding hydrogens is 232 g/mol. The highest BCUT2D eigenvalue weighted by atomic mass is 15.3. The number of hydrogen-bond donors (Lipinski definition) is 0. The van der Waals surface area contributed by atoms with Gasteiger partial charge in [0.2, 0.25) is 0 Å². The van der Waals surface area contributed by atoms with E-state index in [-0.39, 0.29) is 0 Å². The molecule has 2 nitrogen and oxygen atoms in total. The molecule has 112 valence electrons.